The molecular formula is C30H20Br2N2O4. The predicted molar refractivity (Wildman–Crippen MR) is 148 cm³/mol. The van der Waals surface area contributed by atoms with Gasteiger partial charge in [-0.25, -0.2) is 9.80 Å². The van der Waals surface area contributed by atoms with Crippen LogP contribution in [0.15, 0.2) is 100.0 Å². The first-order valence-electron chi connectivity index (χ1n) is 12.4. The van der Waals surface area contributed by atoms with Crippen molar-refractivity contribution in [3.05, 3.63) is 106 Å². The number of benzene rings is 3. The summed E-state index contributed by atoms with van der Waals surface area (Å²) in [5.74, 6) is -5.05. The molecule has 3 aromatic carbocycles. The molecule has 3 fully saturated rings. The number of imide groups is 2. The number of allylic oxidation sites excluding steroid dienone is 2. The van der Waals surface area contributed by atoms with Crippen LogP contribution in [-0.4, -0.2) is 23.6 Å². The van der Waals surface area contributed by atoms with E-state index in [2.05, 4.69) is 31.9 Å². The number of halogens is 2. The van der Waals surface area contributed by atoms with Gasteiger partial charge in [0.25, 0.3) is 0 Å². The first-order chi connectivity index (χ1) is 18.4. The van der Waals surface area contributed by atoms with Crippen molar-refractivity contribution in [2.24, 2.45) is 29.6 Å². The van der Waals surface area contributed by atoms with E-state index in [0.29, 0.717) is 20.3 Å². The summed E-state index contributed by atoms with van der Waals surface area (Å²) in [4.78, 5) is 59.2. The van der Waals surface area contributed by atoms with Gasteiger partial charge in [0, 0.05) is 20.3 Å². The standard InChI is InChI=1S/C30H20Br2N2O4/c31-18-10-4-6-12-20(18)33-26(35)22-17-14-15-30(24(22)28(33)37,16-8-2-1-3-9-16)25-23(17)27(36)34(29(25)38)21-13-7-5-11-19(21)32/h1-15,17,22-25H. The van der Waals surface area contributed by atoms with Crippen molar-refractivity contribution >= 4 is 66.9 Å². The van der Waals surface area contributed by atoms with Crippen LogP contribution in [0.4, 0.5) is 11.4 Å². The van der Waals surface area contributed by atoms with Crippen LogP contribution in [0.3, 0.4) is 0 Å². The second-order valence-electron chi connectivity index (χ2n) is 10.2. The molecule has 8 heteroatoms. The zero-order valence-electron chi connectivity index (χ0n) is 19.8. The minimum atomic E-state index is -1.14. The number of hydrogen-bond donors (Lipinski definition) is 0. The first-order valence-corrected chi connectivity index (χ1v) is 14.0. The van der Waals surface area contributed by atoms with E-state index in [1.807, 2.05) is 54.6 Å². The summed E-state index contributed by atoms with van der Waals surface area (Å²) in [6, 6.07) is 23.6. The Morgan fingerprint density at radius 3 is 1.50 bits per heavy atom. The van der Waals surface area contributed by atoms with Crippen LogP contribution in [0.5, 0.6) is 0 Å². The fourth-order valence-electron chi connectivity index (χ4n) is 7.22. The third kappa shape index (κ3) is 2.87. The van der Waals surface area contributed by atoms with E-state index < -0.39 is 35.0 Å². The molecule has 2 saturated heterocycles. The molecular weight excluding hydrogens is 612 g/mol. The molecule has 4 unspecified atom stereocenters. The molecule has 5 aliphatic rings. The van der Waals surface area contributed by atoms with E-state index in [1.165, 1.54) is 9.80 Å². The highest BCUT2D eigenvalue weighted by molar-refractivity contribution is 9.11. The third-order valence-electron chi connectivity index (χ3n) is 8.62. The first kappa shape index (κ1) is 23.7. The third-order valence-corrected chi connectivity index (χ3v) is 9.96. The molecule has 4 atom stereocenters. The van der Waals surface area contributed by atoms with Crippen LogP contribution in [0.2, 0.25) is 0 Å². The largest absolute Gasteiger partial charge is 0.274 e. The quantitative estimate of drug-likeness (QED) is 0.292. The van der Waals surface area contributed by atoms with E-state index in [0.717, 1.165) is 5.56 Å². The molecule has 2 bridgehead atoms. The molecule has 0 aromatic heterocycles. The number of nitrogens with zero attached hydrogens (tertiary/aromatic N) is 2. The van der Waals surface area contributed by atoms with Crippen molar-refractivity contribution in [1.29, 1.82) is 0 Å². The van der Waals surface area contributed by atoms with Gasteiger partial charge in [0.05, 0.1) is 35.0 Å². The van der Waals surface area contributed by atoms with Crippen molar-refractivity contribution < 1.29 is 19.2 Å². The van der Waals surface area contributed by atoms with Crippen molar-refractivity contribution in [2.75, 3.05) is 9.80 Å². The minimum Gasteiger partial charge on any atom is -0.274 e. The molecule has 0 spiro atoms. The van der Waals surface area contributed by atoms with Crippen molar-refractivity contribution in [3.63, 3.8) is 0 Å². The maximum absolute atomic E-state index is 14.3. The number of hydrogen-bond acceptors (Lipinski definition) is 4. The van der Waals surface area contributed by atoms with Gasteiger partial charge in [0.2, 0.25) is 23.6 Å². The average molecular weight is 632 g/mol. The van der Waals surface area contributed by atoms with Crippen molar-refractivity contribution in [1.82, 2.24) is 0 Å². The van der Waals surface area contributed by atoms with Gasteiger partial charge in [-0.05, 0) is 61.7 Å². The van der Waals surface area contributed by atoms with Crippen LogP contribution in [0.1, 0.15) is 5.56 Å². The molecule has 6 nitrogen and oxygen atoms in total. The molecule has 2 heterocycles. The Morgan fingerprint density at radius 2 is 1.03 bits per heavy atom. The summed E-state index contributed by atoms with van der Waals surface area (Å²) in [5, 5.41) is 0. The molecule has 1 saturated carbocycles. The van der Waals surface area contributed by atoms with E-state index >= 15 is 0 Å². The van der Waals surface area contributed by atoms with Crippen LogP contribution in [-0.2, 0) is 24.6 Å². The van der Waals surface area contributed by atoms with Gasteiger partial charge in [-0.2, -0.15) is 0 Å². The minimum absolute atomic E-state index is 0.334. The van der Waals surface area contributed by atoms with Gasteiger partial charge < -0.3 is 0 Å². The summed E-state index contributed by atoms with van der Waals surface area (Å²) in [6.07, 6.45) is 3.83. The van der Waals surface area contributed by atoms with Gasteiger partial charge in [0.15, 0.2) is 0 Å². The van der Waals surface area contributed by atoms with Gasteiger partial charge in [-0.3, -0.25) is 19.2 Å². The number of anilines is 2. The summed E-state index contributed by atoms with van der Waals surface area (Å²) >= 11 is 6.98. The second kappa shape index (κ2) is 8.32. The Morgan fingerprint density at radius 1 is 0.579 bits per heavy atom. The molecule has 0 radical (unpaired) electrons. The highest BCUT2D eigenvalue weighted by Gasteiger charge is 2.75. The van der Waals surface area contributed by atoms with E-state index in [4.69, 9.17) is 0 Å². The van der Waals surface area contributed by atoms with Crippen molar-refractivity contribution in [2.45, 2.75) is 5.41 Å². The monoisotopic (exact) mass is 630 g/mol. The number of para-hydroxylation sites is 2. The smallest absolute Gasteiger partial charge is 0.238 e. The Labute approximate surface area is 235 Å². The Balaban J connectivity index is 1.45. The second-order valence-corrected chi connectivity index (χ2v) is 11.9. The predicted octanol–water partition coefficient (Wildman–Crippen LogP) is 5.26. The summed E-state index contributed by atoms with van der Waals surface area (Å²) in [5.41, 5.74) is 0.551. The Bertz CT molecular complexity index is 1500. The average Bonchev–Trinajstić information content (AvgIpc) is 3.37. The zero-order chi connectivity index (χ0) is 26.3. The summed E-state index contributed by atoms with van der Waals surface area (Å²) in [7, 11) is 0. The topological polar surface area (TPSA) is 74.8 Å². The van der Waals surface area contributed by atoms with Gasteiger partial charge >= 0.3 is 0 Å². The van der Waals surface area contributed by atoms with Crippen LogP contribution in [0, 0.1) is 29.6 Å². The lowest BCUT2D eigenvalue weighted by Crippen LogP contribution is -2.60. The molecule has 3 aliphatic carbocycles. The molecule has 38 heavy (non-hydrogen) atoms. The summed E-state index contributed by atoms with van der Waals surface area (Å²) in [6.45, 7) is 0. The highest BCUT2D eigenvalue weighted by Crippen LogP contribution is 2.65. The fraction of sp³-hybridized carbons (Fsp3) is 0.200. The number of carbonyl (C=O) groups excluding carboxylic acids is 4. The lowest BCUT2D eigenvalue weighted by molar-refractivity contribution is -0.140. The van der Waals surface area contributed by atoms with E-state index in [1.54, 1.807) is 36.4 Å². The number of amides is 4. The van der Waals surface area contributed by atoms with Gasteiger partial charge in [-0.15, -0.1) is 0 Å². The molecule has 3 aromatic rings. The number of carbonyl (C=O) groups is 4. The molecule has 188 valence electrons. The lowest BCUT2D eigenvalue weighted by atomic mass is 9.45. The SMILES string of the molecule is O=C1C2C3C=CC(c4ccccc4)(C2C(=O)N1c1ccccc1Br)C1C(=O)N(c2ccccc2Br)C(=O)C31. The normalized spacial score (nSPS) is 31.3. The highest BCUT2D eigenvalue weighted by atomic mass is 79.9. The Kier molecular flexibility index (Phi) is 5.20. The summed E-state index contributed by atoms with van der Waals surface area (Å²) < 4.78 is 1.25. The van der Waals surface area contributed by atoms with Crippen LogP contribution < -0.4 is 9.80 Å². The fourth-order valence-corrected chi connectivity index (χ4v) is 8.14. The number of rotatable bonds is 3. The lowest BCUT2D eigenvalue weighted by Gasteiger charge is -2.53. The molecule has 0 N–H and O–H groups in total. The Hall–Kier alpha value is -3.36. The zero-order valence-corrected chi connectivity index (χ0v) is 23.0. The van der Waals surface area contributed by atoms with Gasteiger partial charge in [0.1, 0.15) is 0 Å². The molecule has 4 amide bonds. The van der Waals surface area contributed by atoms with Crippen LogP contribution >= 0.6 is 31.9 Å². The van der Waals surface area contributed by atoms with E-state index in [9.17, 15) is 19.2 Å². The molecule has 2 aliphatic heterocycles. The van der Waals surface area contributed by atoms with E-state index in [-0.39, 0.29) is 23.6 Å². The van der Waals surface area contributed by atoms with Crippen LogP contribution in [0.25, 0.3) is 0 Å². The maximum atomic E-state index is 14.3. The maximum Gasteiger partial charge on any atom is 0.238 e. The molecule has 8 rings (SSSR count). The van der Waals surface area contributed by atoms with Crippen molar-refractivity contribution in [3.8, 4) is 0 Å². The van der Waals surface area contributed by atoms with Gasteiger partial charge in [-0.1, -0.05) is 66.7 Å².